The number of rotatable bonds is 20. The fourth-order valence-electron chi connectivity index (χ4n) is 5.76. The molecule has 0 aliphatic carbocycles. The molecule has 0 fully saturated rings. The first-order valence-electron chi connectivity index (χ1n) is 19.8. The molecule has 0 aromatic heterocycles. The summed E-state index contributed by atoms with van der Waals surface area (Å²) in [7, 11) is 1.97. The Bertz CT molecular complexity index is 2070. The van der Waals surface area contributed by atoms with Crippen molar-refractivity contribution in [1.82, 2.24) is 26.6 Å². The second-order valence-electron chi connectivity index (χ2n) is 16.1. The van der Waals surface area contributed by atoms with Crippen molar-refractivity contribution in [3.8, 4) is 5.75 Å². The van der Waals surface area contributed by atoms with Gasteiger partial charge in [-0.25, -0.2) is 8.78 Å². The summed E-state index contributed by atoms with van der Waals surface area (Å²) in [6.07, 6.45) is -1.61. The van der Waals surface area contributed by atoms with Crippen LogP contribution in [0.4, 0.5) is 23.2 Å². The molecule has 2 aromatic carbocycles. The summed E-state index contributed by atoms with van der Waals surface area (Å²) in [6, 6.07) is -1.18. The zero-order valence-electron chi connectivity index (χ0n) is 37.0. The molecule has 5 atom stereocenters. The standard InChI is InChI=1S/C42H54F4N6O12/c1-19(2)33(38(58)47-21(5)36(56)49-26(16-29(54)62-9)28(53)18-64-35-31(45)23(43)15-24(44)32(35)46)51-37(57)27(17-30(55)63-10)50-39(59)34(20(3)4)52-41(61)40(60)48-25-14-12-11-13-22(25)42(6,7)8/h11-15,19-21,26-27,33-34H,16-18H2,1-10H3,(H,47,58)(H,48,60)(H,49,56)(H,50,59)(H,51,57)(H,52,61). The molecule has 5 unspecified atom stereocenters. The number of hydrogen-bond donors (Lipinski definition) is 6. The monoisotopic (exact) mass is 910 g/mol. The molecule has 22 heteroatoms. The maximum atomic E-state index is 14.1. The topological polar surface area (TPSA) is 253 Å². The number of nitrogens with one attached hydrogen (secondary N) is 6. The third kappa shape index (κ3) is 15.3. The minimum absolute atomic E-state index is 0.0887. The first kappa shape index (κ1) is 53.5. The minimum Gasteiger partial charge on any atom is -0.479 e. The second-order valence-corrected chi connectivity index (χ2v) is 16.1. The van der Waals surface area contributed by atoms with E-state index in [1.165, 1.54) is 13.8 Å². The van der Waals surface area contributed by atoms with Crippen molar-refractivity contribution in [3.63, 3.8) is 0 Å². The number of ketones is 1. The predicted molar refractivity (Wildman–Crippen MR) is 219 cm³/mol. The molecule has 6 N–H and O–H groups in total. The molecule has 352 valence electrons. The van der Waals surface area contributed by atoms with Crippen molar-refractivity contribution < 1.29 is 74.9 Å². The third-order valence-corrected chi connectivity index (χ3v) is 9.39. The summed E-state index contributed by atoms with van der Waals surface area (Å²) in [6.45, 7) is 11.7. The number of hydrogen-bond acceptors (Lipinski definition) is 12. The van der Waals surface area contributed by atoms with Gasteiger partial charge in [0, 0.05) is 11.8 Å². The van der Waals surface area contributed by atoms with Crippen molar-refractivity contribution >= 4 is 58.9 Å². The fraction of sp³-hybridized carbons (Fsp3) is 0.500. The van der Waals surface area contributed by atoms with Gasteiger partial charge in [-0.1, -0.05) is 66.7 Å². The average Bonchev–Trinajstić information content (AvgIpc) is 3.22. The Morgan fingerprint density at radius 3 is 1.61 bits per heavy atom. The third-order valence-electron chi connectivity index (χ3n) is 9.39. The largest absolute Gasteiger partial charge is 0.479 e. The van der Waals surface area contributed by atoms with Crippen LogP contribution in [0, 0.1) is 35.1 Å². The van der Waals surface area contributed by atoms with Crippen LogP contribution in [0.3, 0.4) is 0 Å². The molecule has 0 bridgehead atoms. The predicted octanol–water partition coefficient (Wildman–Crippen LogP) is 2.01. The lowest BCUT2D eigenvalue weighted by molar-refractivity contribution is -0.145. The zero-order valence-corrected chi connectivity index (χ0v) is 37.0. The number of amides is 6. The van der Waals surface area contributed by atoms with Crippen LogP contribution in [0.2, 0.25) is 0 Å². The Hall–Kier alpha value is -6.61. The number of para-hydroxylation sites is 1. The summed E-state index contributed by atoms with van der Waals surface area (Å²) < 4.78 is 69.3. The van der Waals surface area contributed by atoms with Gasteiger partial charge in [0.25, 0.3) is 0 Å². The molecule has 18 nitrogen and oxygen atoms in total. The van der Waals surface area contributed by atoms with Crippen LogP contribution < -0.4 is 36.6 Å². The molecular formula is C42H54F4N6O12. The number of methoxy groups -OCH3 is 2. The van der Waals surface area contributed by atoms with Gasteiger partial charge in [-0.3, -0.25) is 43.2 Å². The van der Waals surface area contributed by atoms with E-state index in [0.717, 1.165) is 26.7 Å². The highest BCUT2D eigenvalue weighted by atomic mass is 19.2. The number of halogens is 4. The number of esters is 2. The molecule has 0 saturated carbocycles. The number of anilines is 1. The normalized spacial score (nSPS) is 13.6. The van der Waals surface area contributed by atoms with E-state index in [1.54, 1.807) is 38.1 Å². The van der Waals surface area contributed by atoms with Gasteiger partial charge < -0.3 is 46.1 Å². The van der Waals surface area contributed by atoms with Crippen molar-refractivity contribution in [3.05, 3.63) is 59.2 Å². The highest BCUT2D eigenvalue weighted by Crippen LogP contribution is 2.29. The minimum atomic E-state index is -1.95. The number of benzene rings is 2. The van der Waals surface area contributed by atoms with Gasteiger partial charge in [-0.05, 0) is 35.8 Å². The zero-order chi connectivity index (χ0) is 48.8. The molecule has 2 rings (SSSR count). The lowest BCUT2D eigenvalue weighted by Crippen LogP contribution is -2.60. The fourth-order valence-corrected chi connectivity index (χ4v) is 5.76. The average molecular weight is 911 g/mol. The van der Waals surface area contributed by atoms with E-state index >= 15 is 0 Å². The highest BCUT2D eigenvalue weighted by molar-refractivity contribution is 6.40. The maximum Gasteiger partial charge on any atom is 0.313 e. The van der Waals surface area contributed by atoms with E-state index in [1.807, 2.05) is 20.8 Å². The van der Waals surface area contributed by atoms with Crippen LogP contribution in [0.5, 0.6) is 5.75 Å². The van der Waals surface area contributed by atoms with E-state index in [9.17, 15) is 60.7 Å². The molecule has 64 heavy (non-hydrogen) atoms. The number of carbonyl (C=O) groups is 9. The number of ether oxygens (including phenoxy) is 3. The smallest absolute Gasteiger partial charge is 0.313 e. The molecule has 0 radical (unpaired) electrons. The Morgan fingerprint density at radius 2 is 1.09 bits per heavy atom. The first-order valence-corrected chi connectivity index (χ1v) is 19.8. The Morgan fingerprint density at radius 1 is 0.609 bits per heavy atom. The molecule has 0 aliphatic rings. The Labute approximate surface area is 366 Å². The van der Waals surface area contributed by atoms with Crippen LogP contribution in [-0.4, -0.2) is 104 Å². The quantitative estimate of drug-likeness (QED) is 0.0483. The Balaban J connectivity index is 2.22. The van der Waals surface area contributed by atoms with Gasteiger partial charge in [0.2, 0.25) is 35.3 Å². The summed E-state index contributed by atoms with van der Waals surface area (Å²) in [4.78, 5) is 117. The van der Waals surface area contributed by atoms with Crippen LogP contribution in [0.25, 0.3) is 0 Å². The first-order chi connectivity index (χ1) is 29.7. The van der Waals surface area contributed by atoms with E-state index in [2.05, 4.69) is 46.1 Å². The van der Waals surface area contributed by atoms with Crippen molar-refractivity contribution in [2.75, 3.05) is 26.1 Å². The molecule has 0 spiro atoms. The van der Waals surface area contributed by atoms with E-state index in [4.69, 9.17) is 0 Å². The van der Waals surface area contributed by atoms with E-state index < -0.39 is 149 Å². The summed E-state index contributed by atoms with van der Waals surface area (Å²) >= 11 is 0. The van der Waals surface area contributed by atoms with Crippen molar-refractivity contribution in [2.45, 2.75) is 104 Å². The lowest BCUT2D eigenvalue weighted by atomic mass is 9.86. The lowest BCUT2D eigenvalue weighted by Gasteiger charge is -2.28. The van der Waals surface area contributed by atoms with E-state index in [-0.39, 0.29) is 6.07 Å². The van der Waals surface area contributed by atoms with Crippen LogP contribution >= 0.6 is 0 Å². The van der Waals surface area contributed by atoms with Crippen LogP contribution in [0.1, 0.15) is 73.8 Å². The van der Waals surface area contributed by atoms with Gasteiger partial charge in [0.1, 0.15) is 36.8 Å². The molecule has 0 saturated heterocycles. The van der Waals surface area contributed by atoms with Gasteiger partial charge >= 0.3 is 23.8 Å². The Kier molecular flexibility index (Phi) is 19.8. The van der Waals surface area contributed by atoms with Gasteiger partial charge in [-0.15, -0.1) is 0 Å². The van der Waals surface area contributed by atoms with Gasteiger partial charge in [0.15, 0.2) is 23.2 Å². The summed E-state index contributed by atoms with van der Waals surface area (Å²) in [5, 5.41) is 14.1. The molecule has 2 aromatic rings. The van der Waals surface area contributed by atoms with E-state index in [0.29, 0.717) is 5.69 Å². The van der Waals surface area contributed by atoms with Crippen molar-refractivity contribution in [1.29, 1.82) is 0 Å². The molecule has 0 aliphatic heterocycles. The molecular weight excluding hydrogens is 856 g/mol. The molecule has 0 heterocycles. The van der Waals surface area contributed by atoms with Crippen molar-refractivity contribution in [2.24, 2.45) is 11.8 Å². The SMILES string of the molecule is COC(=O)CC(NC(=O)C(C)NC(=O)C(NC(=O)C(CC(=O)OC)NC(=O)C(NC(=O)C(=O)Nc1ccccc1C(C)(C)C)C(C)C)C(C)C)C(=O)COc1c(F)c(F)cc(F)c1F. The van der Waals surface area contributed by atoms with Crippen LogP contribution in [0.15, 0.2) is 30.3 Å². The van der Waals surface area contributed by atoms with Gasteiger partial charge in [0.05, 0.1) is 27.1 Å². The summed E-state index contributed by atoms with van der Waals surface area (Å²) in [5.74, 6) is -20.2. The molecule has 6 amide bonds. The number of carbonyl (C=O) groups excluding carboxylic acids is 9. The second kappa shape index (κ2) is 23.7. The van der Waals surface area contributed by atoms with Crippen LogP contribution in [-0.2, 0) is 58.0 Å². The van der Waals surface area contributed by atoms with Gasteiger partial charge in [-0.2, -0.15) is 8.78 Å². The number of Topliss-reactive ketones (excluding diaryl/α,β-unsaturated/α-hetero) is 1. The summed E-state index contributed by atoms with van der Waals surface area (Å²) in [5.41, 5.74) is 0.702. The highest BCUT2D eigenvalue weighted by Gasteiger charge is 2.36. The maximum absolute atomic E-state index is 14.1.